The van der Waals surface area contributed by atoms with Gasteiger partial charge in [0.2, 0.25) is 0 Å². The van der Waals surface area contributed by atoms with Gasteiger partial charge in [-0.2, -0.15) is 0 Å². The van der Waals surface area contributed by atoms with Crippen LogP contribution in [0.3, 0.4) is 0 Å². The first kappa shape index (κ1) is 10.6. The number of aromatic nitrogens is 1. The van der Waals surface area contributed by atoms with Crippen LogP contribution in [0, 0.1) is 0 Å². The Morgan fingerprint density at radius 3 is 3.00 bits per heavy atom. The van der Waals surface area contributed by atoms with Crippen LogP contribution in [0.4, 0.5) is 0 Å². The van der Waals surface area contributed by atoms with E-state index >= 15 is 0 Å². The zero-order valence-electron chi connectivity index (χ0n) is 8.99. The summed E-state index contributed by atoms with van der Waals surface area (Å²) >= 11 is 1.53. The Bertz CT molecular complexity index is 397. The van der Waals surface area contributed by atoms with Crippen LogP contribution in [0.1, 0.15) is 29.4 Å². The van der Waals surface area contributed by atoms with Crippen molar-refractivity contribution in [3.63, 3.8) is 0 Å². The fraction of sp³-hybridized carbons (Fsp3) is 0.600. The van der Waals surface area contributed by atoms with E-state index in [1.165, 1.54) is 18.4 Å². The van der Waals surface area contributed by atoms with Gasteiger partial charge < -0.3 is 9.47 Å². The zero-order valence-corrected chi connectivity index (χ0v) is 9.81. The molecule has 0 N–H and O–H groups in total. The normalized spacial score (nSPS) is 17.5. The molecule has 0 aromatic carbocycles. The third kappa shape index (κ3) is 1.89. The van der Waals surface area contributed by atoms with E-state index in [-0.39, 0.29) is 18.0 Å². The molecule has 0 bridgehead atoms. The van der Waals surface area contributed by atoms with E-state index in [1.54, 1.807) is 0 Å². The molecule has 1 aliphatic heterocycles. The number of esters is 1. The maximum Gasteiger partial charge on any atom is 0.312 e. The number of ether oxygens (including phenoxy) is 2. The molecule has 0 aliphatic carbocycles. The van der Waals surface area contributed by atoms with Crippen LogP contribution in [0.25, 0.3) is 0 Å². The fourth-order valence-corrected chi connectivity index (χ4v) is 2.67. The van der Waals surface area contributed by atoms with Gasteiger partial charge in [0, 0.05) is 0 Å². The Balaban J connectivity index is 2.22. The van der Waals surface area contributed by atoms with Crippen molar-refractivity contribution in [3.8, 4) is 0 Å². The van der Waals surface area contributed by atoms with Crippen molar-refractivity contribution < 1.29 is 14.3 Å². The number of fused-ring (bicyclic) bond motifs is 1. The van der Waals surface area contributed by atoms with Gasteiger partial charge >= 0.3 is 5.97 Å². The van der Waals surface area contributed by atoms with Gasteiger partial charge in [-0.15, -0.1) is 11.3 Å². The fourth-order valence-electron chi connectivity index (χ4n) is 1.55. The molecular weight excluding hydrogens is 214 g/mol. The molecule has 0 saturated carbocycles. The van der Waals surface area contributed by atoms with Crippen molar-refractivity contribution in [2.45, 2.75) is 32.5 Å². The van der Waals surface area contributed by atoms with Crippen LogP contribution in [0.2, 0.25) is 0 Å². The van der Waals surface area contributed by atoms with E-state index in [0.717, 1.165) is 15.6 Å². The molecule has 82 valence electrons. The second kappa shape index (κ2) is 3.57. The van der Waals surface area contributed by atoms with Crippen LogP contribution in [0.5, 0.6) is 0 Å². The van der Waals surface area contributed by atoms with Crippen molar-refractivity contribution in [3.05, 3.63) is 15.6 Å². The smallest absolute Gasteiger partial charge is 0.312 e. The Morgan fingerprint density at radius 1 is 1.67 bits per heavy atom. The predicted octanol–water partition coefficient (Wildman–Crippen LogP) is 1.62. The number of carbonyl (C=O) groups is 1. The summed E-state index contributed by atoms with van der Waals surface area (Å²) in [6.45, 7) is 4.57. The molecule has 2 rings (SSSR count). The molecule has 0 spiro atoms. The standard InChI is InChI=1S/C10H13NO3S/c1-10(2)9-6(5-14-10)15-7(11-9)4-8(12)13-3/h4-5H2,1-3H3. The third-order valence-electron chi connectivity index (χ3n) is 2.40. The van der Waals surface area contributed by atoms with E-state index in [2.05, 4.69) is 9.72 Å². The maximum absolute atomic E-state index is 11.1. The summed E-state index contributed by atoms with van der Waals surface area (Å²) in [6, 6.07) is 0. The van der Waals surface area contributed by atoms with Gasteiger partial charge in [0.15, 0.2) is 0 Å². The van der Waals surface area contributed by atoms with E-state index in [0.29, 0.717) is 6.61 Å². The Labute approximate surface area is 92.2 Å². The Kier molecular flexibility index (Phi) is 2.52. The molecule has 0 amide bonds. The predicted molar refractivity (Wildman–Crippen MR) is 55.6 cm³/mol. The van der Waals surface area contributed by atoms with E-state index < -0.39 is 0 Å². The lowest BCUT2D eigenvalue weighted by atomic mass is 10.1. The topological polar surface area (TPSA) is 48.4 Å². The van der Waals surface area contributed by atoms with Crippen LogP contribution in [-0.4, -0.2) is 18.1 Å². The molecule has 0 radical (unpaired) electrons. The average molecular weight is 227 g/mol. The number of nitrogens with zero attached hydrogens (tertiary/aromatic N) is 1. The lowest BCUT2D eigenvalue weighted by Crippen LogP contribution is -2.16. The second-order valence-corrected chi connectivity index (χ2v) is 5.10. The SMILES string of the molecule is COC(=O)Cc1nc2c(s1)COC2(C)C. The minimum absolute atomic E-state index is 0.249. The van der Waals surface area contributed by atoms with Gasteiger partial charge in [0.05, 0.1) is 30.7 Å². The number of rotatable bonds is 2. The summed E-state index contributed by atoms with van der Waals surface area (Å²) in [7, 11) is 1.39. The quantitative estimate of drug-likeness (QED) is 0.720. The lowest BCUT2D eigenvalue weighted by molar-refractivity contribution is -0.139. The van der Waals surface area contributed by atoms with Crippen molar-refractivity contribution in [2.24, 2.45) is 0 Å². The first-order valence-corrected chi connectivity index (χ1v) is 5.54. The van der Waals surface area contributed by atoms with Gasteiger partial charge in [-0.05, 0) is 13.8 Å². The number of carbonyl (C=O) groups excluding carboxylic acids is 1. The lowest BCUT2D eigenvalue weighted by Gasteiger charge is -2.15. The highest BCUT2D eigenvalue weighted by atomic mass is 32.1. The van der Waals surface area contributed by atoms with Gasteiger partial charge in [0.25, 0.3) is 0 Å². The first-order chi connectivity index (χ1) is 7.03. The van der Waals surface area contributed by atoms with Crippen LogP contribution in [0.15, 0.2) is 0 Å². The van der Waals surface area contributed by atoms with Crippen molar-refractivity contribution in [1.82, 2.24) is 4.98 Å². The molecule has 0 fully saturated rings. The highest BCUT2D eigenvalue weighted by molar-refractivity contribution is 7.11. The van der Waals surface area contributed by atoms with E-state index in [4.69, 9.17) is 4.74 Å². The minimum Gasteiger partial charge on any atom is -0.469 e. The van der Waals surface area contributed by atoms with Gasteiger partial charge in [-0.1, -0.05) is 0 Å². The number of methoxy groups -OCH3 is 1. The minimum atomic E-state index is -0.319. The van der Waals surface area contributed by atoms with Crippen molar-refractivity contribution in [2.75, 3.05) is 7.11 Å². The highest BCUT2D eigenvalue weighted by Gasteiger charge is 2.35. The summed E-state index contributed by atoms with van der Waals surface area (Å²) in [5.41, 5.74) is 0.645. The molecule has 5 heteroatoms. The molecule has 0 saturated heterocycles. The Hall–Kier alpha value is -0.940. The molecule has 0 atom stereocenters. The molecule has 4 nitrogen and oxygen atoms in total. The molecule has 1 aromatic heterocycles. The average Bonchev–Trinajstić information content (AvgIpc) is 2.68. The largest absolute Gasteiger partial charge is 0.469 e. The molecule has 0 unspecified atom stereocenters. The van der Waals surface area contributed by atoms with Gasteiger partial charge in [0.1, 0.15) is 10.6 Å². The number of hydrogen-bond donors (Lipinski definition) is 0. The Morgan fingerprint density at radius 2 is 2.40 bits per heavy atom. The second-order valence-electron chi connectivity index (χ2n) is 3.93. The van der Waals surface area contributed by atoms with Crippen molar-refractivity contribution in [1.29, 1.82) is 0 Å². The van der Waals surface area contributed by atoms with Crippen molar-refractivity contribution >= 4 is 17.3 Å². The monoisotopic (exact) mass is 227 g/mol. The van der Waals surface area contributed by atoms with Crippen LogP contribution in [-0.2, 0) is 32.9 Å². The summed E-state index contributed by atoms with van der Waals surface area (Å²) in [4.78, 5) is 16.6. The third-order valence-corrected chi connectivity index (χ3v) is 3.43. The summed E-state index contributed by atoms with van der Waals surface area (Å²) in [5, 5.41) is 0.809. The maximum atomic E-state index is 11.1. The number of thiazole rings is 1. The molecule has 2 heterocycles. The van der Waals surface area contributed by atoms with E-state index in [1.807, 2.05) is 13.8 Å². The molecular formula is C10H13NO3S. The summed E-state index contributed by atoms with van der Waals surface area (Å²) < 4.78 is 10.2. The first-order valence-electron chi connectivity index (χ1n) is 4.73. The number of hydrogen-bond acceptors (Lipinski definition) is 5. The molecule has 1 aromatic rings. The summed E-state index contributed by atoms with van der Waals surface area (Å²) in [6.07, 6.45) is 0.254. The van der Waals surface area contributed by atoms with Gasteiger partial charge in [-0.3, -0.25) is 4.79 Å². The van der Waals surface area contributed by atoms with Crippen LogP contribution >= 0.6 is 11.3 Å². The zero-order chi connectivity index (χ0) is 11.1. The van der Waals surface area contributed by atoms with Crippen LogP contribution < -0.4 is 0 Å². The summed E-state index contributed by atoms with van der Waals surface area (Å²) in [5.74, 6) is -0.249. The highest BCUT2D eigenvalue weighted by Crippen LogP contribution is 2.38. The molecule has 15 heavy (non-hydrogen) atoms. The molecule has 1 aliphatic rings. The van der Waals surface area contributed by atoms with Gasteiger partial charge in [-0.25, -0.2) is 4.98 Å². The van der Waals surface area contributed by atoms with E-state index in [9.17, 15) is 4.79 Å².